The molecule has 0 amide bonds. The first-order valence-corrected chi connectivity index (χ1v) is 5.72. The van der Waals surface area contributed by atoms with Crippen molar-refractivity contribution in [1.82, 2.24) is 4.98 Å². The number of carbonyl (C=O) groups is 1. The normalized spacial score (nSPS) is 16.9. The molecule has 0 atom stereocenters. The molecule has 0 saturated heterocycles. The molecule has 1 aromatic heterocycles. The van der Waals surface area contributed by atoms with Crippen LogP contribution >= 0.6 is 0 Å². The summed E-state index contributed by atoms with van der Waals surface area (Å²) in [6.45, 7) is 1.92. The van der Waals surface area contributed by atoms with Crippen LogP contribution in [-0.4, -0.2) is 10.8 Å². The maximum Gasteiger partial charge on any atom is 0.181 e. The van der Waals surface area contributed by atoms with Gasteiger partial charge in [-0.1, -0.05) is 31.7 Å². The highest BCUT2D eigenvalue weighted by Gasteiger charge is 2.19. The minimum atomic E-state index is 0.214. The summed E-state index contributed by atoms with van der Waals surface area (Å²) in [5, 5.41) is 0. The van der Waals surface area contributed by atoms with E-state index in [1.54, 1.807) is 0 Å². The lowest BCUT2D eigenvalue weighted by atomic mass is 9.99. The Labute approximate surface area is 90.7 Å². The van der Waals surface area contributed by atoms with Crippen molar-refractivity contribution < 1.29 is 4.79 Å². The molecule has 1 heterocycles. The monoisotopic (exact) mass is 203 g/mol. The van der Waals surface area contributed by atoms with Gasteiger partial charge in [0.05, 0.1) is 0 Å². The molecule has 80 valence electrons. The van der Waals surface area contributed by atoms with E-state index in [2.05, 4.69) is 4.98 Å². The third kappa shape index (κ3) is 2.65. The van der Waals surface area contributed by atoms with E-state index in [0.29, 0.717) is 18.0 Å². The quantitative estimate of drug-likeness (QED) is 0.706. The summed E-state index contributed by atoms with van der Waals surface area (Å²) in [4.78, 5) is 16.2. The molecule has 0 N–H and O–H groups in total. The van der Waals surface area contributed by atoms with Gasteiger partial charge in [-0.05, 0) is 25.0 Å². The predicted octanol–water partition coefficient (Wildman–Crippen LogP) is 3.15. The zero-order chi connectivity index (χ0) is 10.7. The Bertz CT molecular complexity index is 353. The van der Waals surface area contributed by atoms with E-state index in [9.17, 15) is 4.79 Å². The van der Waals surface area contributed by atoms with Gasteiger partial charge in [0.15, 0.2) is 5.78 Å². The van der Waals surface area contributed by atoms with Gasteiger partial charge in [-0.25, -0.2) is 0 Å². The zero-order valence-corrected chi connectivity index (χ0v) is 9.20. The average molecular weight is 203 g/mol. The molecule has 1 aromatic rings. The van der Waals surface area contributed by atoms with Crippen molar-refractivity contribution in [2.75, 3.05) is 0 Å². The molecule has 15 heavy (non-hydrogen) atoms. The summed E-state index contributed by atoms with van der Waals surface area (Å²) in [6, 6.07) is 5.65. The summed E-state index contributed by atoms with van der Waals surface area (Å²) < 4.78 is 0. The largest absolute Gasteiger partial charge is 0.292 e. The molecular formula is C13H17NO. The Kier molecular flexibility index (Phi) is 3.14. The third-order valence-electron chi connectivity index (χ3n) is 3.12. The Morgan fingerprint density at radius 3 is 2.80 bits per heavy atom. The Balaban J connectivity index is 2.01. The van der Waals surface area contributed by atoms with Crippen molar-refractivity contribution in [2.45, 2.75) is 39.0 Å². The fourth-order valence-corrected chi connectivity index (χ4v) is 2.28. The van der Waals surface area contributed by atoms with Crippen LogP contribution in [-0.2, 0) is 0 Å². The second-order valence-corrected chi connectivity index (χ2v) is 4.44. The number of pyridine rings is 1. The van der Waals surface area contributed by atoms with Gasteiger partial charge >= 0.3 is 0 Å². The molecule has 1 fully saturated rings. The third-order valence-corrected chi connectivity index (χ3v) is 3.12. The van der Waals surface area contributed by atoms with E-state index in [0.717, 1.165) is 5.69 Å². The predicted molar refractivity (Wildman–Crippen MR) is 59.9 cm³/mol. The van der Waals surface area contributed by atoms with Crippen LogP contribution in [0, 0.1) is 12.8 Å². The van der Waals surface area contributed by atoms with Gasteiger partial charge < -0.3 is 0 Å². The zero-order valence-electron chi connectivity index (χ0n) is 9.20. The van der Waals surface area contributed by atoms with Crippen LogP contribution in [0.25, 0.3) is 0 Å². The van der Waals surface area contributed by atoms with E-state index in [4.69, 9.17) is 0 Å². The maximum absolute atomic E-state index is 11.9. The molecule has 1 aliphatic rings. The van der Waals surface area contributed by atoms with Crippen LogP contribution in [0.4, 0.5) is 0 Å². The van der Waals surface area contributed by atoms with Crippen LogP contribution in [0.5, 0.6) is 0 Å². The molecule has 0 bridgehead atoms. The second-order valence-electron chi connectivity index (χ2n) is 4.44. The van der Waals surface area contributed by atoms with E-state index in [-0.39, 0.29) is 5.78 Å². The minimum Gasteiger partial charge on any atom is -0.292 e. The van der Waals surface area contributed by atoms with Crippen LogP contribution < -0.4 is 0 Å². The first-order valence-electron chi connectivity index (χ1n) is 5.72. The summed E-state index contributed by atoms with van der Waals surface area (Å²) >= 11 is 0. The Morgan fingerprint density at radius 1 is 1.40 bits per heavy atom. The molecule has 2 nitrogen and oxygen atoms in total. The molecule has 1 aliphatic carbocycles. The van der Waals surface area contributed by atoms with Gasteiger partial charge in [0, 0.05) is 12.1 Å². The fraction of sp³-hybridized carbons (Fsp3) is 0.538. The Hall–Kier alpha value is -1.18. The van der Waals surface area contributed by atoms with Crippen molar-refractivity contribution in [2.24, 2.45) is 5.92 Å². The van der Waals surface area contributed by atoms with Crippen LogP contribution in [0.15, 0.2) is 18.2 Å². The molecule has 2 rings (SSSR count). The number of Topliss-reactive ketones (excluding diaryl/α,β-unsaturated/α-hetero) is 1. The highest BCUT2D eigenvalue weighted by molar-refractivity contribution is 5.94. The van der Waals surface area contributed by atoms with Gasteiger partial charge in [0.1, 0.15) is 5.69 Å². The second kappa shape index (κ2) is 4.56. The van der Waals surface area contributed by atoms with E-state index in [1.165, 1.54) is 25.7 Å². The Morgan fingerprint density at radius 2 is 2.13 bits per heavy atom. The van der Waals surface area contributed by atoms with Crippen molar-refractivity contribution in [3.8, 4) is 0 Å². The smallest absolute Gasteiger partial charge is 0.181 e. The van der Waals surface area contributed by atoms with E-state index < -0.39 is 0 Å². The lowest BCUT2D eigenvalue weighted by molar-refractivity contribution is 0.0957. The molecule has 1 saturated carbocycles. The molecule has 2 heteroatoms. The van der Waals surface area contributed by atoms with Gasteiger partial charge in [-0.15, -0.1) is 0 Å². The fourth-order valence-electron chi connectivity index (χ4n) is 2.28. The molecule has 0 spiro atoms. The molecule has 0 unspecified atom stereocenters. The molecule has 0 aliphatic heterocycles. The minimum absolute atomic E-state index is 0.214. The first kappa shape index (κ1) is 10.3. The number of aromatic nitrogens is 1. The number of aryl methyl sites for hydroxylation is 1. The van der Waals surface area contributed by atoms with Crippen LogP contribution in [0.1, 0.15) is 48.3 Å². The van der Waals surface area contributed by atoms with E-state index >= 15 is 0 Å². The molecular weight excluding hydrogens is 186 g/mol. The summed E-state index contributed by atoms with van der Waals surface area (Å²) in [5.74, 6) is 0.824. The summed E-state index contributed by atoms with van der Waals surface area (Å²) in [5.41, 5.74) is 1.56. The highest BCUT2D eigenvalue weighted by atomic mass is 16.1. The SMILES string of the molecule is Cc1cccc(C(=O)CC2CCCC2)n1. The van der Waals surface area contributed by atoms with Crippen molar-refractivity contribution in [3.05, 3.63) is 29.6 Å². The lowest BCUT2D eigenvalue weighted by Crippen LogP contribution is -2.08. The van der Waals surface area contributed by atoms with E-state index in [1.807, 2.05) is 25.1 Å². The number of nitrogens with zero attached hydrogens (tertiary/aromatic N) is 1. The van der Waals surface area contributed by atoms with Gasteiger partial charge in [-0.2, -0.15) is 0 Å². The number of hydrogen-bond donors (Lipinski definition) is 0. The number of ketones is 1. The van der Waals surface area contributed by atoms with Gasteiger partial charge in [0.2, 0.25) is 0 Å². The van der Waals surface area contributed by atoms with Crippen LogP contribution in [0.3, 0.4) is 0 Å². The summed E-state index contributed by atoms with van der Waals surface area (Å²) in [6.07, 6.45) is 5.71. The highest BCUT2D eigenvalue weighted by Crippen LogP contribution is 2.28. The number of hydrogen-bond acceptors (Lipinski definition) is 2. The lowest BCUT2D eigenvalue weighted by Gasteiger charge is -2.07. The number of carbonyl (C=O) groups excluding carboxylic acids is 1. The van der Waals surface area contributed by atoms with Gasteiger partial charge in [-0.3, -0.25) is 9.78 Å². The number of rotatable bonds is 3. The van der Waals surface area contributed by atoms with Crippen molar-refractivity contribution in [3.63, 3.8) is 0 Å². The standard InChI is InChI=1S/C13H17NO/c1-10-5-4-8-12(14-10)13(15)9-11-6-2-3-7-11/h4-5,8,11H,2-3,6-7,9H2,1H3. The van der Waals surface area contributed by atoms with Crippen molar-refractivity contribution >= 4 is 5.78 Å². The molecule has 0 aromatic carbocycles. The summed E-state index contributed by atoms with van der Waals surface area (Å²) in [7, 11) is 0. The van der Waals surface area contributed by atoms with Gasteiger partial charge in [0.25, 0.3) is 0 Å². The maximum atomic E-state index is 11.9. The van der Waals surface area contributed by atoms with Crippen molar-refractivity contribution in [1.29, 1.82) is 0 Å². The first-order chi connectivity index (χ1) is 7.25. The van der Waals surface area contributed by atoms with Crippen LogP contribution in [0.2, 0.25) is 0 Å². The topological polar surface area (TPSA) is 30.0 Å². The molecule has 0 radical (unpaired) electrons. The average Bonchev–Trinajstić information content (AvgIpc) is 2.70.